The van der Waals surface area contributed by atoms with Gasteiger partial charge >= 0.3 is 0 Å². The molecular weight excluding hydrogens is 323 g/mol. The third-order valence-corrected chi connectivity index (χ3v) is 4.00. The Morgan fingerprint density at radius 1 is 1.30 bits per heavy atom. The summed E-state index contributed by atoms with van der Waals surface area (Å²) in [5, 5.41) is 2.72. The third-order valence-electron chi connectivity index (χ3n) is 3.71. The largest absolute Gasteiger partial charge is 0.459 e. The summed E-state index contributed by atoms with van der Waals surface area (Å²) in [6.45, 7) is 3.82. The molecule has 1 N–H and O–H groups in total. The van der Waals surface area contributed by atoms with Gasteiger partial charge in [0, 0.05) is 18.7 Å². The Labute approximate surface area is 138 Å². The van der Waals surface area contributed by atoms with Gasteiger partial charge in [-0.05, 0) is 25.1 Å². The molecule has 0 unspecified atom stereocenters. The van der Waals surface area contributed by atoms with Crippen molar-refractivity contribution in [3.8, 4) is 0 Å². The summed E-state index contributed by atoms with van der Waals surface area (Å²) < 4.78 is 25.0. The van der Waals surface area contributed by atoms with E-state index in [1.807, 2.05) is 4.90 Å². The van der Waals surface area contributed by atoms with Gasteiger partial charge in [-0.15, -0.1) is 0 Å². The van der Waals surface area contributed by atoms with Gasteiger partial charge in [0.1, 0.15) is 0 Å². The number of anilines is 2. The highest BCUT2D eigenvalue weighted by molar-refractivity contribution is 6.31. The van der Waals surface area contributed by atoms with Crippen LogP contribution >= 0.6 is 11.6 Å². The molecule has 122 valence electrons. The number of nitrogens with one attached hydrogen (secondary N) is 1. The smallest absolute Gasteiger partial charge is 0.291 e. The molecule has 1 aromatic carbocycles. The summed E-state index contributed by atoms with van der Waals surface area (Å²) in [6, 6.07) is 4.71. The Morgan fingerprint density at radius 2 is 2.04 bits per heavy atom. The number of nitrogens with zero attached hydrogens (tertiary/aromatic N) is 1. The van der Waals surface area contributed by atoms with Crippen molar-refractivity contribution < 1.29 is 18.3 Å². The number of hydrogen-bond acceptors (Lipinski definition) is 4. The van der Waals surface area contributed by atoms with Crippen molar-refractivity contribution >= 4 is 28.9 Å². The zero-order chi connectivity index (χ0) is 16.4. The summed E-state index contributed by atoms with van der Waals surface area (Å²) in [6.07, 6.45) is 1.44. The van der Waals surface area contributed by atoms with Crippen molar-refractivity contribution in [2.75, 3.05) is 36.5 Å². The summed E-state index contributed by atoms with van der Waals surface area (Å²) in [7, 11) is 0. The number of amides is 1. The number of hydrogen-bond donors (Lipinski definition) is 1. The molecule has 0 atom stereocenters. The number of rotatable bonds is 3. The summed E-state index contributed by atoms with van der Waals surface area (Å²) >= 11 is 5.90. The Morgan fingerprint density at radius 3 is 2.70 bits per heavy atom. The highest BCUT2D eigenvalue weighted by atomic mass is 35.5. The predicted molar refractivity (Wildman–Crippen MR) is 85.8 cm³/mol. The maximum Gasteiger partial charge on any atom is 0.291 e. The van der Waals surface area contributed by atoms with Crippen LogP contribution in [0.15, 0.2) is 28.9 Å². The topological polar surface area (TPSA) is 54.7 Å². The second kappa shape index (κ2) is 6.60. The lowest BCUT2D eigenvalue weighted by Crippen LogP contribution is -2.37. The molecule has 1 aliphatic heterocycles. The fourth-order valence-corrected chi connectivity index (χ4v) is 2.67. The first kappa shape index (κ1) is 15.8. The van der Waals surface area contributed by atoms with Crippen molar-refractivity contribution in [2.45, 2.75) is 6.92 Å². The first-order valence-corrected chi connectivity index (χ1v) is 7.62. The average Bonchev–Trinajstić information content (AvgIpc) is 2.98. The monoisotopic (exact) mass is 338 g/mol. The van der Waals surface area contributed by atoms with E-state index in [4.69, 9.17) is 20.8 Å². The van der Waals surface area contributed by atoms with Crippen LogP contribution in [-0.4, -0.2) is 32.2 Å². The van der Waals surface area contributed by atoms with Gasteiger partial charge in [0.2, 0.25) is 0 Å². The van der Waals surface area contributed by atoms with Gasteiger partial charge < -0.3 is 19.4 Å². The van der Waals surface area contributed by atoms with Crippen LogP contribution in [0.5, 0.6) is 0 Å². The van der Waals surface area contributed by atoms with E-state index in [1.165, 1.54) is 12.3 Å². The molecule has 0 saturated carbocycles. The van der Waals surface area contributed by atoms with Crippen LogP contribution in [0.4, 0.5) is 15.8 Å². The lowest BCUT2D eigenvalue weighted by molar-refractivity contribution is 0.0996. The maximum atomic E-state index is 14.5. The van der Waals surface area contributed by atoms with E-state index < -0.39 is 11.7 Å². The SMILES string of the molecule is Cc1ccoc1C(=O)Nc1ccc(Cl)c(F)c1N1CCOCC1. The lowest BCUT2D eigenvalue weighted by atomic mass is 10.2. The predicted octanol–water partition coefficient (Wildman–Crippen LogP) is 3.47. The molecule has 7 heteroatoms. The highest BCUT2D eigenvalue weighted by Gasteiger charge is 2.23. The van der Waals surface area contributed by atoms with E-state index in [9.17, 15) is 9.18 Å². The lowest BCUT2D eigenvalue weighted by Gasteiger charge is -2.31. The van der Waals surface area contributed by atoms with Gasteiger partial charge in [-0.2, -0.15) is 0 Å². The van der Waals surface area contributed by atoms with Gasteiger partial charge in [0.25, 0.3) is 5.91 Å². The second-order valence-electron chi connectivity index (χ2n) is 5.24. The number of furan rings is 1. The van der Waals surface area contributed by atoms with Crippen molar-refractivity contribution in [1.82, 2.24) is 0 Å². The van der Waals surface area contributed by atoms with E-state index in [2.05, 4.69) is 5.32 Å². The zero-order valence-electron chi connectivity index (χ0n) is 12.6. The van der Waals surface area contributed by atoms with Crippen LogP contribution in [0.1, 0.15) is 16.1 Å². The minimum Gasteiger partial charge on any atom is -0.459 e. The van der Waals surface area contributed by atoms with Gasteiger partial charge in [-0.3, -0.25) is 4.79 Å². The van der Waals surface area contributed by atoms with Crippen LogP contribution in [-0.2, 0) is 4.74 Å². The van der Waals surface area contributed by atoms with Crippen LogP contribution in [0, 0.1) is 12.7 Å². The average molecular weight is 339 g/mol. The molecule has 0 spiro atoms. The molecule has 0 radical (unpaired) electrons. The first-order valence-electron chi connectivity index (χ1n) is 7.24. The van der Waals surface area contributed by atoms with E-state index in [0.717, 1.165) is 0 Å². The molecule has 1 aliphatic rings. The quantitative estimate of drug-likeness (QED) is 0.931. The Kier molecular flexibility index (Phi) is 4.54. The number of carbonyl (C=O) groups excluding carboxylic acids is 1. The van der Waals surface area contributed by atoms with Gasteiger partial charge in [-0.1, -0.05) is 11.6 Å². The molecule has 1 aromatic heterocycles. The molecular formula is C16H16ClFN2O3. The molecule has 5 nitrogen and oxygen atoms in total. The molecule has 3 rings (SSSR count). The van der Waals surface area contributed by atoms with Gasteiger partial charge in [0.15, 0.2) is 11.6 Å². The molecule has 2 aromatic rings. The second-order valence-corrected chi connectivity index (χ2v) is 5.65. The highest BCUT2D eigenvalue weighted by Crippen LogP contribution is 2.34. The summed E-state index contributed by atoms with van der Waals surface area (Å²) in [5.74, 6) is -0.778. The van der Waals surface area contributed by atoms with Crippen LogP contribution < -0.4 is 10.2 Å². The minimum absolute atomic E-state index is 0.0127. The number of benzene rings is 1. The zero-order valence-corrected chi connectivity index (χ0v) is 13.3. The first-order chi connectivity index (χ1) is 11.1. The molecule has 23 heavy (non-hydrogen) atoms. The summed E-state index contributed by atoms with van der Waals surface area (Å²) in [5.41, 5.74) is 1.35. The number of carbonyl (C=O) groups is 1. The normalized spacial score (nSPS) is 14.8. The van der Waals surface area contributed by atoms with Crippen molar-refractivity contribution in [2.24, 2.45) is 0 Å². The molecule has 1 fully saturated rings. The number of aryl methyl sites for hydroxylation is 1. The van der Waals surface area contributed by atoms with Crippen LogP contribution in [0.2, 0.25) is 5.02 Å². The number of halogens is 2. The van der Waals surface area contributed by atoms with Crippen molar-refractivity contribution in [3.63, 3.8) is 0 Å². The van der Waals surface area contributed by atoms with Crippen molar-refractivity contribution in [1.29, 1.82) is 0 Å². The molecule has 0 aliphatic carbocycles. The fourth-order valence-electron chi connectivity index (χ4n) is 2.52. The molecule has 1 saturated heterocycles. The van der Waals surface area contributed by atoms with Crippen LogP contribution in [0.3, 0.4) is 0 Å². The Bertz CT molecular complexity index is 726. The minimum atomic E-state index is -0.553. The Hall–Kier alpha value is -2.05. The summed E-state index contributed by atoms with van der Waals surface area (Å²) in [4.78, 5) is 14.1. The molecule has 0 bridgehead atoms. The maximum absolute atomic E-state index is 14.5. The standard InChI is InChI=1S/C16H16ClFN2O3/c1-10-4-7-23-15(10)16(21)19-12-3-2-11(17)13(18)14(12)20-5-8-22-9-6-20/h2-4,7H,5-6,8-9H2,1H3,(H,19,21). The van der Waals surface area contributed by atoms with Crippen LogP contribution in [0.25, 0.3) is 0 Å². The van der Waals surface area contributed by atoms with Gasteiger partial charge in [-0.25, -0.2) is 4.39 Å². The molecule has 1 amide bonds. The Balaban J connectivity index is 1.93. The number of morpholine rings is 1. The van der Waals surface area contributed by atoms with Crippen molar-refractivity contribution in [3.05, 3.63) is 46.6 Å². The fraction of sp³-hybridized carbons (Fsp3) is 0.312. The van der Waals surface area contributed by atoms with E-state index in [1.54, 1.807) is 19.1 Å². The van der Waals surface area contributed by atoms with Gasteiger partial charge in [0.05, 0.1) is 35.9 Å². The number of ether oxygens (including phenoxy) is 1. The third kappa shape index (κ3) is 3.18. The molecule has 2 heterocycles. The van der Waals surface area contributed by atoms with E-state index >= 15 is 0 Å². The van der Waals surface area contributed by atoms with E-state index in [-0.39, 0.29) is 16.5 Å². The van der Waals surface area contributed by atoms with E-state index in [0.29, 0.717) is 37.6 Å².